The van der Waals surface area contributed by atoms with Crippen LogP contribution in [-0.4, -0.2) is 23.2 Å². The lowest BCUT2D eigenvalue weighted by Crippen LogP contribution is -2.38. The van der Waals surface area contributed by atoms with E-state index in [4.69, 9.17) is 11.6 Å². The van der Waals surface area contributed by atoms with Crippen molar-refractivity contribution in [3.63, 3.8) is 0 Å². The van der Waals surface area contributed by atoms with Gasteiger partial charge in [-0.05, 0) is 56.4 Å². The molecule has 4 heteroatoms. The predicted molar refractivity (Wildman–Crippen MR) is 71.9 cm³/mol. The first-order valence-corrected chi connectivity index (χ1v) is 6.69. The molecule has 0 aliphatic heterocycles. The Kier molecular flexibility index (Phi) is 4.25. The molecule has 1 aliphatic carbocycles. The van der Waals surface area contributed by atoms with Gasteiger partial charge in [0.15, 0.2) is 0 Å². The Labute approximate surface area is 112 Å². The van der Waals surface area contributed by atoms with Crippen LogP contribution in [0.4, 0.5) is 0 Å². The van der Waals surface area contributed by atoms with E-state index in [0.29, 0.717) is 10.6 Å². The molecule has 1 aliphatic rings. The van der Waals surface area contributed by atoms with Crippen molar-refractivity contribution in [2.45, 2.75) is 44.8 Å². The summed E-state index contributed by atoms with van der Waals surface area (Å²) in [5.41, 5.74) is 1.55. The van der Waals surface area contributed by atoms with Crippen LogP contribution in [0.3, 0.4) is 0 Å². The van der Waals surface area contributed by atoms with Gasteiger partial charge in [0.2, 0.25) is 0 Å². The summed E-state index contributed by atoms with van der Waals surface area (Å²) in [5, 5.41) is 13.1. The molecule has 1 saturated carbocycles. The summed E-state index contributed by atoms with van der Waals surface area (Å²) < 4.78 is 0. The van der Waals surface area contributed by atoms with Gasteiger partial charge in [0, 0.05) is 16.6 Å². The van der Waals surface area contributed by atoms with Crippen molar-refractivity contribution in [3.05, 3.63) is 34.3 Å². The molecule has 2 rings (SSSR count). The Bertz CT molecular complexity index is 439. The number of aliphatic hydroxyl groups excluding tert-OH is 1. The number of aliphatic hydroxyl groups is 1. The van der Waals surface area contributed by atoms with Crippen molar-refractivity contribution in [2.75, 3.05) is 0 Å². The molecule has 1 aromatic carbocycles. The van der Waals surface area contributed by atoms with Crippen LogP contribution in [0.1, 0.15) is 41.6 Å². The van der Waals surface area contributed by atoms with E-state index < -0.39 is 0 Å². The van der Waals surface area contributed by atoms with Gasteiger partial charge < -0.3 is 10.4 Å². The highest BCUT2D eigenvalue weighted by molar-refractivity contribution is 6.31. The van der Waals surface area contributed by atoms with Crippen LogP contribution >= 0.6 is 11.6 Å². The van der Waals surface area contributed by atoms with Crippen LogP contribution in [0.2, 0.25) is 5.02 Å². The normalized spacial score (nSPS) is 23.7. The average Bonchev–Trinajstić information content (AvgIpc) is 2.35. The molecular formula is C14H18ClNO2. The quantitative estimate of drug-likeness (QED) is 0.866. The molecule has 3 nitrogen and oxygen atoms in total. The van der Waals surface area contributed by atoms with E-state index in [1.54, 1.807) is 18.2 Å². The maximum absolute atomic E-state index is 12.0. The number of nitrogens with one attached hydrogen (secondary N) is 1. The zero-order chi connectivity index (χ0) is 13.1. The minimum absolute atomic E-state index is 0.0591. The Morgan fingerprint density at radius 2 is 2.00 bits per heavy atom. The lowest BCUT2D eigenvalue weighted by molar-refractivity contribution is 0.0867. The van der Waals surface area contributed by atoms with E-state index in [1.165, 1.54) is 0 Å². The zero-order valence-corrected chi connectivity index (χ0v) is 11.2. The Morgan fingerprint density at radius 1 is 1.33 bits per heavy atom. The van der Waals surface area contributed by atoms with Gasteiger partial charge in [-0.15, -0.1) is 0 Å². The molecule has 98 valence electrons. The Balaban J connectivity index is 1.97. The molecule has 0 atom stereocenters. The van der Waals surface area contributed by atoms with Gasteiger partial charge in [-0.2, -0.15) is 0 Å². The van der Waals surface area contributed by atoms with E-state index in [-0.39, 0.29) is 18.1 Å². The van der Waals surface area contributed by atoms with E-state index in [1.807, 2.05) is 6.92 Å². The van der Waals surface area contributed by atoms with Crippen LogP contribution in [0.15, 0.2) is 18.2 Å². The third kappa shape index (κ3) is 3.24. The van der Waals surface area contributed by atoms with Gasteiger partial charge in [0.25, 0.3) is 5.91 Å². The fourth-order valence-electron chi connectivity index (χ4n) is 2.27. The summed E-state index contributed by atoms with van der Waals surface area (Å²) in [6, 6.07) is 5.46. The van der Waals surface area contributed by atoms with Crippen LogP contribution in [0, 0.1) is 6.92 Å². The van der Waals surface area contributed by atoms with Crippen molar-refractivity contribution in [3.8, 4) is 0 Å². The van der Waals surface area contributed by atoms with Crippen LogP contribution in [0.25, 0.3) is 0 Å². The molecule has 2 N–H and O–H groups in total. The number of rotatable bonds is 2. The predicted octanol–water partition coefficient (Wildman–Crippen LogP) is 2.68. The monoisotopic (exact) mass is 267 g/mol. The molecule has 1 fully saturated rings. The minimum atomic E-state index is -0.198. The Morgan fingerprint density at radius 3 is 2.61 bits per heavy atom. The Hall–Kier alpha value is -1.06. The van der Waals surface area contributed by atoms with E-state index in [0.717, 1.165) is 31.2 Å². The number of carbonyl (C=O) groups is 1. The van der Waals surface area contributed by atoms with Gasteiger partial charge in [0.05, 0.1) is 6.10 Å². The highest BCUT2D eigenvalue weighted by atomic mass is 35.5. The molecule has 18 heavy (non-hydrogen) atoms. The van der Waals surface area contributed by atoms with Gasteiger partial charge in [-0.1, -0.05) is 11.6 Å². The first-order valence-electron chi connectivity index (χ1n) is 6.31. The maximum Gasteiger partial charge on any atom is 0.251 e. The number of hydrogen-bond donors (Lipinski definition) is 2. The first-order chi connectivity index (χ1) is 8.56. The topological polar surface area (TPSA) is 49.3 Å². The minimum Gasteiger partial charge on any atom is -0.393 e. The standard InChI is InChI=1S/C14H18ClNO2/c1-9-8-10(2-7-13(9)15)14(18)16-11-3-5-12(17)6-4-11/h2,7-8,11-12,17H,3-6H2,1H3,(H,16,18). The zero-order valence-electron chi connectivity index (χ0n) is 10.4. The molecule has 1 amide bonds. The lowest BCUT2D eigenvalue weighted by atomic mass is 9.93. The fraction of sp³-hybridized carbons (Fsp3) is 0.500. The summed E-state index contributed by atoms with van der Waals surface area (Å²) in [5.74, 6) is -0.0591. The van der Waals surface area contributed by atoms with E-state index in [9.17, 15) is 9.90 Å². The largest absolute Gasteiger partial charge is 0.393 e. The van der Waals surface area contributed by atoms with Gasteiger partial charge in [0.1, 0.15) is 0 Å². The number of aryl methyl sites for hydroxylation is 1. The number of amides is 1. The molecule has 0 heterocycles. The number of halogens is 1. The number of hydrogen-bond acceptors (Lipinski definition) is 2. The summed E-state index contributed by atoms with van der Waals surface area (Å²) in [4.78, 5) is 12.0. The molecular weight excluding hydrogens is 250 g/mol. The van der Waals surface area contributed by atoms with Crippen molar-refractivity contribution >= 4 is 17.5 Å². The molecule has 0 bridgehead atoms. The van der Waals surface area contributed by atoms with E-state index in [2.05, 4.69) is 5.32 Å². The SMILES string of the molecule is Cc1cc(C(=O)NC2CCC(O)CC2)ccc1Cl. The number of benzene rings is 1. The fourth-order valence-corrected chi connectivity index (χ4v) is 2.39. The third-order valence-electron chi connectivity index (χ3n) is 3.45. The summed E-state index contributed by atoms with van der Waals surface area (Å²) in [7, 11) is 0. The van der Waals surface area contributed by atoms with Gasteiger partial charge in [-0.25, -0.2) is 0 Å². The molecule has 0 radical (unpaired) electrons. The second-order valence-electron chi connectivity index (χ2n) is 4.94. The van der Waals surface area contributed by atoms with Gasteiger partial charge >= 0.3 is 0 Å². The molecule has 1 aromatic rings. The average molecular weight is 268 g/mol. The van der Waals surface area contributed by atoms with Crippen molar-refractivity contribution in [1.82, 2.24) is 5.32 Å². The highest BCUT2D eigenvalue weighted by Crippen LogP contribution is 2.20. The van der Waals surface area contributed by atoms with Crippen molar-refractivity contribution < 1.29 is 9.90 Å². The van der Waals surface area contributed by atoms with E-state index >= 15 is 0 Å². The third-order valence-corrected chi connectivity index (χ3v) is 3.88. The van der Waals surface area contributed by atoms with Crippen LogP contribution in [-0.2, 0) is 0 Å². The highest BCUT2D eigenvalue weighted by Gasteiger charge is 2.21. The summed E-state index contributed by atoms with van der Waals surface area (Å²) in [6.07, 6.45) is 3.03. The maximum atomic E-state index is 12.0. The molecule has 0 aromatic heterocycles. The van der Waals surface area contributed by atoms with Crippen LogP contribution in [0.5, 0.6) is 0 Å². The molecule has 0 spiro atoms. The second-order valence-corrected chi connectivity index (χ2v) is 5.35. The van der Waals surface area contributed by atoms with Crippen molar-refractivity contribution in [2.24, 2.45) is 0 Å². The molecule has 0 saturated heterocycles. The second kappa shape index (κ2) is 5.72. The van der Waals surface area contributed by atoms with Gasteiger partial charge in [-0.3, -0.25) is 4.79 Å². The first kappa shape index (κ1) is 13.4. The van der Waals surface area contributed by atoms with Crippen LogP contribution < -0.4 is 5.32 Å². The lowest BCUT2D eigenvalue weighted by Gasteiger charge is -2.26. The molecule has 0 unspecified atom stereocenters. The van der Waals surface area contributed by atoms with Crippen molar-refractivity contribution in [1.29, 1.82) is 0 Å². The number of carbonyl (C=O) groups excluding carboxylic acids is 1. The summed E-state index contributed by atoms with van der Waals surface area (Å²) >= 11 is 5.93. The summed E-state index contributed by atoms with van der Waals surface area (Å²) in [6.45, 7) is 1.88. The smallest absolute Gasteiger partial charge is 0.251 e.